The highest BCUT2D eigenvalue weighted by atomic mass is 19.1. The lowest BCUT2D eigenvalue weighted by Crippen LogP contribution is -2.44. The number of nitriles is 1. The molecule has 18 heavy (non-hydrogen) atoms. The fourth-order valence-corrected chi connectivity index (χ4v) is 1.27. The van der Waals surface area contributed by atoms with Gasteiger partial charge in [0.25, 0.3) is 5.91 Å². The van der Waals surface area contributed by atoms with Gasteiger partial charge in [-0.25, -0.2) is 13.2 Å². The van der Waals surface area contributed by atoms with Crippen LogP contribution in [0.3, 0.4) is 0 Å². The molecule has 1 aromatic carbocycles. The normalized spacial score (nSPS) is 13.6. The number of amides is 1. The summed E-state index contributed by atoms with van der Waals surface area (Å²) in [6, 6.07) is 2.65. The number of nitrogens with one attached hydrogen (secondary N) is 1. The van der Waals surface area contributed by atoms with Crippen LogP contribution in [0.4, 0.5) is 13.2 Å². The van der Waals surface area contributed by atoms with Gasteiger partial charge in [-0.1, -0.05) is 6.92 Å². The van der Waals surface area contributed by atoms with E-state index >= 15 is 0 Å². The molecule has 1 rings (SSSR count). The average molecular weight is 256 g/mol. The van der Waals surface area contributed by atoms with Crippen LogP contribution < -0.4 is 5.32 Å². The maximum Gasteiger partial charge on any atom is 0.258 e. The maximum atomic E-state index is 13.3. The molecule has 0 aromatic heterocycles. The van der Waals surface area contributed by atoms with E-state index in [9.17, 15) is 18.0 Å². The van der Waals surface area contributed by atoms with Crippen LogP contribution in [-0.4, -0.2) is 11.4 Å². The van der Waals surface area contributed by atoms with Gasteiger partial charge in [0.2, 0.25) is 0 Å². The molecule has 0 aliphatic carbocycles. The quantitative estimate of drug-likeness (QED) is 0.903. The highest BCUT2D eigenvalue weighted by Crippen LogP contribution is 2.16. The summed E-state index contributed by atoms with van der Waals surface area (Å²) in [6.45, 7) is 3.06. The van der Waals surface area contributed by atoms with Crippen LogP contribution >= 0.6 is 0 Å². The van der Waals surface area contributed by atoms with Gasteiger partial charge in [-0.15, -0.1) is 0 Å². The zero-order valence-corrected chi connectivity index (χ0v) is 9.85. The van der Waals surface area contributed by atoms with E-state index in [1.807, 2.05) is 6.07 Å². The Balaban J connectivity index is 3.10. The Morgan fingerprint density at radius 2 is 1.89 bits per heavy atom. The number of nitrogens with zero attached hydrogens (tertiary/aromatic N) is 1. The molecule has 0 aliphatic rings. The molecule has 0 saturated carbocycles. The molecule has 96 valence electrons. The second-order valence-corrected chi connectivity index (χ2v) is 4.00. The number of carbonyl (C=O) groups is 1. The number of halogens is 3. The van der Waals surface area contributed by atoms with Crippen LogP contribution in [0.5, 0.6) is 0 Å². The van der Waals surface area contributed by atoms with E-state index < -0.39 is 34.5 Å². The third-order valence-corrected chi connectivity index (χ3v) is 2.58. The maximum absolute atomic E-state index is 13.3. The topological polar surface area (TPSA) is 52.9 Å². The third-order valence-electron chi connectivity index (χ3n) is 2.58. The van der Waals surface area contributed by atoms with Gasteiger partial charge in [-0.3, -0.25) is 4.79 Å². The van der Waals surface area contributed by atoms with Crippen molar-refractivity contribution >= 4 is 5.91 Å². The lowest BCUT2D eigenvalue weighted by atomic mass is 10.0. The molecule has 0 bridgehead atoms. The molecule has 6 heteroatoms. The van der Waals surface area contributed by atoms with Crippen molar-refractivity contribution in [2.75, 3.05) is 0 Å². The lowest BCUT2D eigenvalue weighted by molar-refractivity contribution is 0.0914. The van der Waals surface area contributed by atoms with Gasteiger partial charge < -0.3 is 5.32 Å². The SMILES string of the molecule is CCC(C)(C#N)NC(=O)c1c(F)cc(F)cc1F. The predicted molar refractivity (Wildman–Crippen MR) is 58.1 cm³/mol. The molecule has 0 spiro atoms. The van der Waals surface area contributed by atoms with Gasteiger partial charge in [0.05, 0.1) is 6.07 Å². The van der Waals surface area contributed by atoms with Gasteiger partial charge in [-0.2, -0.15) is 5.26 Å². The molecular weight excluding hydrogens is 245 g/mol. The average Bonchev–Trinajstić information content (AvgIpc) is 2.27. The molecule has 1 amide bonds. The van der Waals surface area contributed by atoms with Crippen LogP contribution in [0.25, 0.3) is 0 Å². The monoisotopic (exact) mass is 256 g/mol. The first-order valence-corrected chi connectivity index (χ1v) is 5.21. The van der Waals surface area contributed by atoms with Gasteiger partial charge in [0, 0.05) is 12.1 Å². The van der Waals surface area contributed by atoms with Crippen LogP contribution in [0, 0.1) is 28.8 Å². The number of benzene rings is 1. The second kappa shape index (κ2) is 5.08. The van der Waals surface area contributed by atoms with Crippen molar-refractivity contribution in [1.29, 1.82) is 5.26 Å². The molecule has 1 atom stereocenters. The van der Waals surface area contributed by atoms with Crippen molar-refractivity contribution in [2.45, 2.75) is 25.8 Å². The Labute approximate surface area is 102 Å². The summed E-state index contributed by atoms with van der Waals surface area (Å²) in [7, 11) is 0. The smallest absolute Gasteiger partial charge is 0.258 e. The predicted octanol–water partition coefficient (Wildman–Crippen LogP) is 2.53. The van der Waals surface area contributed by atoms with Gasteiger partial charge >= 0.3 is 0 Å². The van der Waals surface area contributed by atoms with Crippen LogP contribution in [-0.2, 0) is 0 Å². The molecule has 0 aliphatic heterocycles. The van der Waals surface area contributed by atoms with E-state index in [0.29, 0.717) is 12.1 Å². The van der Waals surface area contributed by atoms with E-state index in [2.05, 4.69) is 5.32 Å². The summed E-state index contributed by atoms with van der Waals surface area (Å²) in [6.07, 6.45) is 0.264. The van der Waals surface area contributed by atoms with Crippen LogP contribution in [0.15, 0.2) is 12.1 Å². The minimum atomic E-state index is -1.30. The molecule has 0 fully saturated rings. The molecule has 1 unspecified atom stereocenters. The zero-order valence-electron chi connectivity index (χ0n) is 9.85. The van der Waals surface area contributed by atoms with Crippen molar-refractivity contribution in [3.05, 3.63) is 35.1 Å². The molecule has 0 saturated heterocycles. The molecule has 1 N–H and O–H groups in total. The molecular formula is C12H11F3N2O. The fraction of sp³-hybridized carbons (Fsp3) is 0.333. The number of hydrogen-bond acceptors (Lipinski definition) is 2. The third kappa shape index (κ3) is 2.80. The van der Waals surface area contributed by atoms with E-state index in [1.54, 1.807) is 6.92 Å². The summed E-state index contributed by atoms with van der Waals surface area (Å²) in [5, 5.41) is 11.1. The van der Waals surface area contributed by atoms with Gasteiger partial charge in [0.15, 0.2) is 0 Å². The summed E-state index contributed by atoms with van der Waals surface area (Å²) < 4.78 is 39.3. The minimum Gasteiger partial charge on any atom is -0.334 e. The van der Waals surface area contributed by atoms with Crippen LogP contribution in [0.2, 0.25) is 0 Å². The molecule has 0 heterocycles. The standard InChI is InChI=1S/C12H11F3N2O/c1-3-12(2,6-16)17-11(18)10-8(14)4-7(13)5-9(10)15/h4-5H,3H2,1-2H3,(H,17,18). The van der Waals surface area contributed by atoms with E-state index in [4.69, 9.17) is 5.26 Å². The lowest BCUT2D eigenvalue weighted by Gasteiger charge is -2.21. The van der Waals surface area contributed by atoms with Crippen molar-refractivity contribution in [3.8, 4) is 6.07 Å². The summed E-state index contributed by atoms with van der Waals surface area (Å²) >= 11 is 0. The number of rotatable bonds is 3. The van der Waals surface area contributed by atoms with E-state index in [1.165, 1.54) is 6.92 Å². The molecule has 3 nitrogen and oxygen atoms in total. The Bertz CT molecular complexity index is 502. The van der Waals surface area contributed by atoms with Crippen molar-refractivity contribution in [3.63, 3.8) is 0 Å². The van der Waals surface area contributed by atoms with Gasteiger partial charge in [-0.05, 0) is 13.3 Å². The fourth-order valence-electron chi connectivity index (χ4n) is 1.27. The van der Waals surface area contributed by atoms with Crippen molar-refractivity contribution in [2.24, 2.45) is 0 Å². The van der Waals surface area contributed by atoms with Crippen LogP contribution in [0.1, 0.15) is 30.6 Å². The summed E-state index contributed by atoms with van der Waals surface area (Å²) in [5.74, 6) is -4.81. The second-order valence-electron chi connectivity index (χ2n) is 4.00. The van der Waals surface area contributed by atoms with E-state index in [-0.39, 0.29) is 6.42 Å². The minimum absolute atomic E-state index is 0.264. The largest absolute Gasteiger partial charge is 0.334 e. The van der Waals surface area contributed by atoms with Crippen molar-refractivity contribution < 1.29 is 18.0 Å². The Kier molecular flexibility index (Phi) is 3.96. The van der Waals surface area contributed by atoms with E-state index in [0.717, 1.165) is 0 Å². The zero-order chi connectivity index (χ0) is 13.9. The number of hydrogen-bond donors (Lipinski definition) is 1. The summed E-state index contributed by atoms with van der Waals surface area (Å²) in [5.41, 5.74) is -2.13. The Hall–Kier alpha value is -2.03. The molecule has 0 radical (unpaired) electrons. The number of carbonyl (C=O) groups excluding carboxylic acids is 1. The highest BCUT2D eigenvalue weighted by Gasteiger charge is 2.27. The first-order valence-electron chi connectivity index (χ1n) is 5.21. The summed E-state index contributed by atoms with van der Waals surface area (Å²) in [4.78, 5) is 11.7. The first-order chi connectivity index (χ1) is 8.33. The highest BCUT2D eigenvalue weighted by molar-refractivity contribution is 5.95. The molecule has 1 aromatic rings. The Morgan fingerprint density at radius 1 is 1.39 bits per heavy atom. The van der Waals surface area contributed by atoms with Gasteiger partial charge in [0.1, 0.15) is 28.6 Å². The first kappa shape index (κ1) is 14.0. The Morgan fingerprint density at radius 3 is 2.28 bits per heavy atom. The van der Waals surface area contributed by atoms with Crippen molar-refractivity contribution in [1.82, 2.24) is 5.32 Å².